The largest absolute Gasteiger partial charge is 0.370 e. The smallest absolute Gasteiger partial charge is 0.0396 e. The third-order valence-electron chi connectivity index (χ3n) is 4.20. The molecular formula is C18H30N2S. The highest BCUT2D eigenvalue weighted by atomic mass is 32.2. The molecular weight excluding hydrogens is 276 g/mol. The molecule has 21 heavy (non-hydrogen) atoms. The van der Waals surface area contributed by atoms with Crippen molar-refractivity contribution in [2.75, 3.05) is 30.3 Å². The van der Waals surface area contributed by atoms with Crippen molar-refractivity contribution in [1.29, 1.82) is 0 Å². The van der Waals surface area contributed by atoms with Gasteiger partial charge in [0.1, 0.15) is 0 Å². The molecule has 0 unspecified atom stereocenters. The Morgan fingerprint density at radius 3 is 2.81 bits per heavy atom. The summed E-state index contributed by atoms with van der Waals surface area (Å²) in [6.07, 6.45) is 2.45. The molecule has 0 bridgehead atoms. The minimum atomic E-state index is 0.423. The van der Waals surface area contributed by atoms with Crippen molar-refractivity contribution in [3.8, 4) is 0 Å². The van der Waals surface area contributed by atoms with Crippen LogP contribution in [-0.2, 0) is 6.54 Å². The van der Waals surface area contributed by atoms with Gasteiger partial charge in [-0.1, -0.05) is 32.9 Å². The summed E-state index contributed by atoms with van der Waals surface area (Å²) in [6.45, 7) is 13.6. The summed E-state index contributed by atoms with van der Waals surface area (Å²) in [5, 5.41) is 3.48. The Hall–Kier alpha value is -0.670. The Balaban J connectivity index is 2.03. The lowest BCUT2D eigenvalue weighted by atomic mass is 10.1. The summed E-state index contributed by atoms with van der Waals surface area (Å²) >= 11 is 2.11. The van der Waals surface area contributed by atoms with Crippen LogP contribution in [0.3, 0.4) is 0 Å². The Kier molecular flexibility index (Phi) is 6.00. The zero-order valence-electron chi connectivity index (χ0n) is 14.0. The number of hydrogen-bond donors (Lipinski definition) is 1. The van der Waals surface area contributed by atoms with E-state index in [1.165, 1.54) is 48.5 Å². The molecule has 1 aromatic carbocycles. The zero-order valence-corrected chi connectivity index (χ0v) is 14.9. The van der Waals surface area contributed by atoms with Crippen LogP contribution in [0.4, 0.5) is 5.69 Å². The molecule has 1 saturated heterocycles. The van der Waals surface area contributed by atoms with Crippen LogP contribution in [0, 0.1) is 6.92 Å². The molecule has 0 spiro atoms. The van der Waals surface area contributed by atoms with Crippen molar-refractivity contribution in [3.63, 3.8) is 0 Å². The first-order valence-electron chi connectivity index (χ1n) is 8.21. The minimum Gasteiger partial charge on any atom is -0.370 e. The summed E-state index contributed by atoms with van der Waals surface area (Å²) in [7, 11) is 0. The maximum atomic E-state index is 3.48. The Morgan fingerprint density at radius 1 is 1.29 bits per heavy atom. The van der Waals surface area contributed by atoms with Gasteiger partial charge in [0, 0.05) is 35.8 Å². The molecule has 0 aromatic heterocycles. The van der Waals surface area contributed by atoms with Crippen LogP contribution in [0.25, 0.3) is 0 Å². The van der Waals surface area contributed by atoms with Crippen molar-refractivity contribution in [1.82, 2.24) is 5.32 Å². The lowest BCUT2D eigenvalue weighted by Gasteiger charge is -2.26. The van der Waals surface area contributed by atoms with E-state index >= 15 is 0 Å². The maximum absolute atomic E-state index is 3.48. The van der Waals surface area contributed by atoms with Crippen LogP contribution in [0.1, 0.15) is 44.7 Å². The molecule has 0 aliphatic carbocycles. The Bertz CT molecular complexity index is 457. The average molecular weight is 307 g/mol. The van der Waals surface area contributed by atoms with Crippen LogP contribution < -0.4 is 10.2 Å². The summed E-state index contributed by atoms with van der Waals surface area (Å²) in [5.74, 6) is 1.23. The van der Waals surface area contributed by atoms with Gasteiger partial charge in [-0.25, -0.2) is 0 Å². The molecule has 1 aliphatic rings. The molecule has 0 radical (unpaired) electrons. The third kappa shape index (κ3) is 4.93. The number of hydrogen-bond acceptors (Lipinski definition) is 3. The molecule has 0 saturated carbocycles. The van der Waals surface area contributed by atoms with Gasteiger partial charge >= 0.3 is 0 Å². The second-order valence-corrected chi connectivity index (χ2v) is 8.44. The van der Waals surface area contributed by atoms with Gasteiger partial charge in [0.05, 0.1) is 0 Å². The van der Waals surface area contributed by atoms with E-state index in [0.29, 0.717) is 4.75 Å². The number of benzene rings is 1. The fraction of sp³-hybridized carbons (Fsp3) is 0.667. The Labute approximate surface area is 134 Å². The SMILES string of the molecule is CCCNCc1ccc(N2CCSC(C)(C)CC2)c(C)c1. The van der Waals surface area contributed by atoms with E-state index < -0.39 is 0 Å². The number of thioether (sulfide) groups is 1. The van der Waals surface area contributed by atoms with Crippen molar-refractivity contribution in [2.45, 2.75) is 51.8 Å². The van der Waals surface area contributed by atoms with Crippen molar-refractivity contribution in [2.24, 2.45) is 0 Å². The van der Waals surface area contributed by atoms with Crippen LogP contribution in [0.2, 0.25) is 0 Å². The molecule has 1 heterocycles. The zero-order chi connectivity index (χ0) is 15.3. The van der Waals surface area contributed by atoms with Gasteiger partial charge in [-0.15, -0.1) is 0 Å². The van der Waals surface area contributed by atoms with Gasteiger partial charge in [-0.3, -0.25) is 0 Å². The molecule has 1 N–H and O–H groups in total. The van der Waals surface area contributed by atoms with Crippen molar-refractivity contribution in [3.05, 3.63) is 29.3 Å². The fourth-order valence-electron chi connectivity index (χ4n) is 2.85. The molecule has 2 nitrogen and oxygen atoms in total. The molecule has 1 aliphatic heterocycles. The van der Waals surface area contributed by atoms with E-state index in [0.717, 1.165) is 13.1 Å². The lowest BCUT2D eigenvalue weighted by Crippen LogP contribution is -2.27. The van der Waals surface area contributed by atoms with Gasteiger partial charge in [0.25, 0.3) is 0 Å². The predicted molar refractivity (Wildman–Crippen MR) is 96.5 cm³/mol. The highest BCUT2D eigenvalue weighted by molar-refractivity contribution is 8.00. The van der Waals surface area contributed by atoms with E-state index in [2.05, 4.69) is 67.9 Å². The first-order chi connectivity index (χ1) is 10.0. The molecule has 0 atom stereocenters. The highest BCUT2D eigenvalue weighted by Gasteiger charge is 2.24. The van der Waals surface area contributed by atoms with Crippen molar-refractivity contribution >= 4 is 17.4 Å². The van der Waals surface area contributed by atoms with Crippen molar-refractivity contribution < 1.29 is 0 Å². The third-order valence-corrected chi connectivity index (χ3v) is 5.57. The molecule has 118 valence electrons. The van der Waals surface area contributed by atoms with Crippen LogP contribution >= 0.6 is 11.8 Å². The van der Waals surface area contributed by atoms with E-state index in [1.54, 1.807) is 0 Å². The number of nitrogens with one attached hydrogen (secondary N) is 1. The van der Waals surface area contributed by atoms with E-state index in [-0.39, 0.29) is 0 Å². The van der Waals surface area contributed by atoms with Crippen LogP contribution in [0.5, 0.6) is 0 Å². The second-order valence-electron chi connectivity index (χ2n) is 6.64. The number of nitrogens with zero attached hydrogens (tertiary/aromatic N) is 1. The summed E-state index contributed by atoms with van der Waals surface area (Å²) < 4.78 is 0.423. The molecule has 1 aromatic rings. The molecule has 3 heteroatoms. The molecule has 1 fully saturated rings. The molecule has 2 rings (SSSR count). The monoisotopic (exact) mass is 306 g/mol. The van der Waals surface area contributed by atoms with Gasteiger partial charge in [-0.2, -0.15) is 11.8 Å². The highest BCUT2D eigenvalue weighted by Crippen LogP contribution is 2.33. The number of rotatable bonds is 5. The average Bonchev–Trinajstić information content (AvgIpc) is 2.60. The fourth-order valence-corrected chi connectivity index (χ4v) is 3.95. The Morgan fingerprint density at radius 2 is 2.10 bits per heavy atom. The van der Waals surface area contributed by atoms with E-state index in [1.807, 2.05) is 0 Å². The number of anilines is 1. The van der Waals surface area contributed by atoms with E-state index in [4.69, 9.17) is 0 Å². The first kappa shape index (κ1) is 16.7. The van der Waals surface area contributed by atoms with Crippen LogP contribution in [-0.4, -0.2) is 30.1 Å². The standard InChI is InChI=1S/C18H30N2S/c1-5-9-19-14-16-6-7-17(15(2)13-16)20-10-8-18(3,4)21-12-11-20/h6-7,13,19H,5,8-12,14H2,1-4H3. The number of aryl methyl sites for hydroxylation is 1. The topological polar surface area (TPSA) is 15.3 Å². The first-order valence-corrected chi connectivity index (χ1v) is 9.19. The van der Waals surface area contributed by atoms with Crippen LogP contribution in [0.15, 0.2) is 18.2 Å². The normalized spacial score (nSPS) is 18.6. The van der Waals surface area contributed by atoms with Gasteiger partial charge in [0.15, 0.2) is 0 Å². The molecule has 0 amide bonds. The predicted octanol–water partition coefficient (Wildman–Crippen LogP) is 4.22. The summed E-state index contributed by atoms with van der Waals surface area (Å²) in [6, 6.07) is 6.95. The van der Waals surface area contributed by atoms with Gasteiger partial charge in [0.2, 0.25) is 0 Å². The summed E-state index contributed by atoms with van der Waals surface area (Å²) in [5.41, 5.74) is 4.23. The second kappa shape index (κ2) is 7.55. The van der Waals surface area contributed by atoms with Gasteiger partial charge in [-0.05, 0) is 43.5 Å². The lowest BCUT2D eigenvalue weighted by molar-refractivity contribution is 0.637. The summed E-state index contributed by atoms with van der Waals surface area (Å²) in [4.78, 5) is 2.57. The minimum absolute atomic E-state index is 0.423. The quantitative estimate of drug-likeness (QED) is 0.820. The van der Waals surface area contributed by atoms with E-state index in [9.17, 15) is 0 Å². The van der Waals surface area contributed by atoms with Gasteiger partial charge < -0.3 is 10.2 Å². The maximum Gasteiger partial charge on any atom is 0.0396 e.